The van der Waals surface area contributed by atoms with Gasteiger partial charge in [0, 0.05) is 17.4 Å². The van der Waals surface area contributed by atoms with Gasteiger partial charge in [-0.25, -0.2) is 4.39 Å². The van der Waals surface area contributed by atoms with Crippen LogP contribution in [0.25, 0.3) is 0 Å². The lowest BCUT2D eigenvalue weighted by molar-refractivity contribution is 0.359. The average molecular weight is 299 g/mol. The van der Waals surface area contributed by atoms with E-state index in [4.69, 9.17) is 21.1 Å². The minimum Gasteiger partial charge on any atom is -0.496 e. The van der Waals surface area contributed by atoms with E-state index in [2.05, 4.69) is 6.08 Å². The van der Waals surface area contributed by atoms with E-state index in [0.717, 1.165) is 24.8 Å². The summed E-state index contributed by atoms with van der Waals surface area (Å²) in [5, 5.41) is 0. The van der Waals surface area contributed by atoms with Gasteiger partial charge < -0.3 is 9.47 Å². The van der Waals surface area contributed by atoms with Gasteiger partial charge in [-0.3, -0.25) is 0 Å². The van der Waals surface area contributed by atoms with Gasteiger partial charge >= 0.3 is 0 Å². The molecule has 110 valence electrons. The van der Waals surface area contributed by atoms with Crippen LogP contribution < -0.4 is 9.47 Å². The third kappa shape index (κ3) is 2.78. The zero-order valence-electron chi connectivity index (χ0n) is 12.1. The Hall–Kier alpha value is -1.22. The number of methoxy groups -OCH3 is 2. The summed E-state index contributed by atoms with van der Waals surface area (Å²) in [6.07, 6.45) is 5.14. The summed E-state index contributed by atoms with van der Waals surface area (Å²) in [5.41, 5.74) is 2.52. The molecule has 0 spiro atoms. The molecule has 20 heavy (non-hydrogen) atoms. The van der Waals surface area contributed by atoms with Crippen molar-refractivity contribution in [2.75, 3.05) is 20.1 Å². The summed E-state index contributed by atoms with van der Waals surface area (Å²) < 4.78 is 25.0. The first-order valence-corrected chi connectivity index (χ1v) is 7.32. The predicted octanol–water partition coefficient (Wildman–Crippen LogP) is 4.58. The third-order valence-electron chi connectivity index (χ3n) is 3.82. The zero-order chi connectivity index (χ0) is 14.7. The Morgan fingerprint density at radius 3 is 2.70 bits per heavy atom. The van der Waals surface area contributed by atoms with Crippen molar-refractivity contribution in [3.8, 4) is 11.5 Å². The molecule has 2 nitrogen and oxygen atoms in total. The maximum absolute atomic E-state index is 14.3. The minimum atomic E-state index is -0.310. The first-order chi connectivity index (χ1) is 9.62. The van der Waals surface area contributed by atoms with E-state index in [0.29, 0.717) is 22.9 Å². The van der Waals surface area contributed by atoms with Crippen LogP contribution in [0.2, 0.25) is 0 Å². The van der Waals surface area contributed by atoms with Crippen molar-refractivity contribution in [2.24, 2.45) is 0 Å². The number of benzene rings is 1. The normalized spacial score (nSPS) is 18.6. The number of hydrogen-bond donors (Lipinski definition) is 0. The van der Waals surface area contributed by atoms with Gasteiger partial charge in [0.1, 0.15) is 5.75 Å². The van der Waals surface area contributed by atoms with Gasteiger partial charge in [0.15, 0.2) is 11.6 Å². The molecule has 1 atom stereocenters. The molecule has 4 heteroatoms. The molecule has 1 aromatic rings. The number of ether oxygens (including phenoxy) is 2. The molecular formula is C16H20ClFO2. The number of halogens is 2. The molecule has 0 fully saturated rings. The lowest BCUT2D eigenvalue weighted by Crippen LogP contribution is -2.09. The van der Waals surface area contributed by atoms with Gasteiger partial charge in [0.05, 0.1) is 14.2 Å². The first-order valence-electron chi connectivity index (χ1n) is 6.78. The molecule has 0 N–H and O–H groups in total. The van der Waals surface area contributed by atoms with Gasteiger partial charge in [0.2, 0.25) is 0 Å². The van der Waals surface area contributed by atoms with E-state index in [1.807, 2.05) is 0 Å². The molecule has 0 aromatic heterocycles. The predicted molar refractivity (Wildman–Crippen MR) is 79.6 cm³/mol. The van der Waals surface area contributed by atoms with E-state index in [9.17, 15) is 4.39 Å². The molecule has 1 aliphatic rings. The fraction of sp³-hybridized carbons (Fsp3) is 0.500. The van der Waals surface area contributed by atoms with Crippen LogP contribution in [-0.4, -0.2) is 20.1 Å². The van der Waals surface area contributed by atoms with Crippen LogP contribution in [0.1, 0.15) is 36.3 Å². The molecule has 0 aliphatic heterocycles. The number of allylic oxidation sites excluding steroid dienone is 2. The average Bonchev–Trinajstić information content (AvgIpc) is 2.49. The Morgan fingerprint density at radius 1 is 1.35 bits per heavy atom. The highest BCUT2D eigenvalue weighted by Crippen LogP contribution is 2.43. The fourth-order valence-electron chi connectivity index (χ4n) is 2.81. The van der Waals surface area contributed by atoms with Crippen LogP contribution in [0.15, 0.2) is 17.7 Å². The van der Waals surface area contributed by atoms with E-state index >= 15 is 0 Å². The second kappa shape index (κ2) is 6.49. The first kappa shape index (κ1) is 15.2. The summed E-state index contributed by atoms with van der Waals surface area (Å²) in [4.78, 5) is 0. The van der Waals surface area contributed by atoms with Gasteiger partial charge in [-0.2, -0.15) is 0 Å². The van der Waals surface area contributed by atoms with Gasteiger partial charge in [0.25, 0.3) is 0 Å². The Kier molecular flexibility index (Phi) is 4.92. The largest absolute Gasteiger partial charge is 0.496 e. The molecule has 0 heterocycles. The van der Waals surface area contributed by atoms with E-state index < -0.39 is 0 Å². The Bertz CT molecular complexity index is 526. The number of aryl methyl sites for hydroxylation is 1. The summed E-state index contributed by atoms with van der Waals surface area (Å²) in [7, 11) is 3.10. The smallest absolute Gasteiger partial charge is 0.168 e. The second-order valence-electron chi connectivity index (χ2n) is 5.11. The van der Waals surface area contributed by atoms with E-state index in [-0.39, 0.29) is 11.7 Å². The Balaban J connectivity index is 2.57. The number of alkyl halides is 1. The van der Waals surface area contributed by atoms with E-state index in [1.165, 1.54) is 12.7 Å². The lowest BCUT2D eigenvalue weighted by Gasteiger charge is -2.25. The van der Waals surface area contributed by atoms with Crippen molar-refractivity contribution in [1.29, 1.82) is 0 Å². The highest BCUT2D eigenvalue weighted by Gasteiger charge is 2.26. The van der Waals surface area contributed by atoms with Crippen LogP contribution in [0.3, 0.4) is 0 Å². The van der Waals surface area contributed by atoms with Gasteiger partial charge in [-0.05, 0) is 37.8 Å². The van der Waals surface area contributed by atoms with Crippen molar-refractivity contribution in [3.05, 3.63) is 34.7 Å². The molecule has 0 saturated carbocycles. The molecular weight excluding hydrogens is 279 g/mol. The van der Waals surface area contributed by atoms with Crippen molar-refractivity contribution >= 4 is 11.6 Å². The van der Waals surface area contributed by atoms with E-state index in [1.54, 1.807) is 20.1 Å². The molecule has 2 rings (SSSR count). The van der Waals surface area contributed by atoms with Crippen molar-refractivity contribution < 1.29 is 13.9 Å². The quantitative estimate of drug-likeness (QED) is 0.598. The van der Waals surface area contributed by atoms with Crippen LogP contribution >= 0.6 is 11.6 Å². The number of hydrogen-bond acceptors (Lipinski definition) is 2. The van der Waals surface area contributed by atoms with Crippen molar-refractivity contribution in [1.82, 2.24) is 0 Å². The number of rotatable bonds is 4. The SMILES string of the molecule is COc1cc(C)c(F)c(OC)c1C1C=C(CCl)CCC1. The van der Waals surface area contributed by atoms with Crippen molar-refractivity contribution in [2.45, 2.75) is 32.1 Å². The van der Waals surface area contributed by atoms with Gasteiger partial charge in [-0.1, -0.05) is 11.6 Å². The highest BCUT2D eigenvalue weighted by atomic mass is 35.5. The molecule has 0 radical (unpaired) electrons. The summed E-state index contributed by atoms with van der Waals surface area (Å²) >= 11 is 5.93. The van der Waals surface area contributed by atoms with Crippen LogP contribution in [0.4, 0.5) is 4.39 Å². The molecule has 0 saturated heterocycles. The van der Waals surface area contributed by atoms with Crippen LogP contribution in [0.5, 0.6) is 11.5 Å². The summed E-state index contributed by atoms with van der Waals surface area (Å²) in [6, 6.07) is 1.73. The zero-order valence-corrected chi connectivity index (χ0v) is 12.9. The Morgan fingerprint density at radius 2 is 2.10 bits per heavy atom. The highest BCUT2D eigenvalue weighted by molar-refractivity contribution is 6.19. The molecule has 0 bridgehead atoms. The summed E-state index contributed by atoms with van der Waals surface area (Å²) in [6.45, 7) is 1.71. The van der Waals surface area contributed by atoms with Crippen molar-refractivity contribution in [3.63, 3.8) is 0 Å². The standard InChI is InChI=1S/C16H20ClFO2/c1-10-7-13(19-2)14(16(20-3)15(10)18)12-6-4-5-11(8-12)9-17/h7-8,12H,4-6,9H2,1-3H3. The van der Waals surface area contributed by atoms with Gasteiger partial charge in [-0.15, -0.1) is 11.6 Å². The molecule has 0 amide bonds. The summed E-state index contributed by atoms with van der Waals surface area (Å²) in [5.74, 6) is 1.28. The topological polar surface area (TPSA) is 18.5 Å². The Labute approximate surface area is 124 Å². The fourth-order valence-corrected chi connectivity index (χ4v) is 3.03. The van der Waals surface area contributed by atoms with Crippen LogP contribution in [-0.2, 0) is 0 Å². The lowest BCUT2D eigenvalue weighted by atomic mass is 9.84. The minimum absolute atomic E-state index is 0.0949. The maximum atomic E-state index is 14.3. The monoisotopic (exact) mass is 298 g/mol. The second-order valence-corrected chi connectivity index (χ2v) is 5.38. The maximum Gasteiger partial charge on any atom is 0.168 e. The van der Waals surface area contributed by atoms with Crippen LogP contribution in [0, 0.1) is 12.7 Å². The molecule has 1 unspecified atom stereocenters. The third-order valence-corrected chi connectivity index (χ3v) is 4.16. The molecule has 1 aromatic carbocycles. The molecule has 1 aliphatic carbocycles.